The summed E-state index contributed by atoms with van der Waals surface area (Å²) in [4.78, 5) is -2.04. The van der Waals surface area contributed by atoms with Crippen molar-refractivity contribution in [3.8, 4) is 11.5 Å². The fourth-order valence-corrected chi connectivity index (χ4v) is 8.45. The van der Waals surface area contributed by atoms with E-state index in [-0.39, 0.29) is 198 Å². The second kappa shape index (κ2) is 29.8. The molecule has 4 aromatic carbocycles. The van der Waals surface area contributed by atoms with Crippen molar-refractivity contribution in [3.63, 3.8) is 0 Å². The predicted octanol–water partition coefficient (Wildman–Crippen LogP) is -9.73. The van der Waals surface area contributed by atoms with E-state index in [4.69, 9.17) is 18.8 Å². The van der Waals surface area contributed by atoms with E-state index in [1.54, 1.807) is 0 Å². The van der Waals surface area contributed by atoms with Crippen LogP contribution >= 0.6 is 36.7 Å². The van der Waals surface area contributed by atoms with E-state index in [0.717, 1.165) is 12.1 Å². The maximum Gasteiger partial charge on any atom is 1.00 e. The predicted molar refractivity (Wildman–Crippen MR) is 189 cm³/mol. The molecular formula is C27H23N5Na4O20S6. The smallest absolute Gasteiger partial charge is 0.744 e. The van der Waals surface area contributed by atoms with Crippen molar-refractivity contribution < 1.29 is 210 Å². The van der Waals surface area contributed by atoms with Crippen LogP contribution in [0.2, 0.25) is 0 Å². The van der Waals surface area contributed by atoms with E-state index in [9.17, 15) is 50.7 Å². The van der Waals surface area contributed by atoms with Crippen molar-refractivity contribution >= 4 is 106 Å². The van der Waals surface area contributed by atoms with Gasteiger partial charge in [-0.1, -0.05) is 0 Å². The Hall–Kier alpha value is 0.160. The van der Waals surface area contributed by atoms with Crippen molar-refractivity contribution in [1.82, 2.24) is 0 Å². The molecule has 25 nitrogen and oxygen atoms in total. The van der Waals surface area contributed by atoms with Crippen LogP contribution in [0.5, 0.6) is 11.5 Å². The third kappa shape index (κ3) is 17.7. The molecule has 4 aromatic rings. The van der Waals surface area contributed by atoms with Gasteiger partial charge in [0.2, 0.25) is 0 Å². The van der Waals surface area contributed by atoms with Crippen LogP contribution in [-0.2, 0) is 66.3 Å². The molecule has 0 saturated heterocycles. The number of phenols is 1. The molecule has 0 aliphatic carbocycles. The van der Waals surface area contributed by atoms with Gasteiger partial charge in [0.25, 0.3) is 0 Å². The van der Waals surface area contributed by atoms with Crippen LogP contribution in [0, 0.1) is 0 Å². The van der Waals surface area contributed by atoms with Crippen molar-refractivity contribution in [2.24, 2.45) is 20.5 Å². The molecule has 0 aliphatic rings. The zero-order chi connectivity index (χ0) is 42.5. The molecule has 0 aromatic heterocycles. The summed E-state index contributed by atoms with van der Waals surface area (Å²) < 4.78 is 115. The number of hydrogen-bond donors (Lipinski definition) is 2. The number of rotatable bonds is 23. The minimum Gasteiger partial charge on any atom is -0.744 e. The van der Waals surface area contributed by atoms with Gasteiger partial charge in [-0.15, -0.1) is 29.1 Å². The molecular weight excluding hydrogens is 999 g/mol. The molecule has 0 spiro atoms. The average Bonchev–Trinajstić information content (AvgIpc) is 3.18. The number of nitrogen functional groups attached to an aromatic ring is 1. The van der Waals surface area contributed by atoms with Crippen LogP contribution in [0.3, 0.4) is 0 Å². The summed E-state index contributed by atoms with van der Waals surface area (Å²) in [6.07, 6.45) is 0. The third-order valence-electron chi connectivity index (χ3n) is 7.05. The van der Waals surface area contributed by atoms with E-state index in [1.807, 2.05) is 0 Å². The first-order valence-corrected chi connectivity index (χ1v) is 21.6. The molecule has 0 radical (unpaired) electrons. The molecule has 0 amide bonds. The number of fused-ring (bicyclic) bond motifs is 1. The molecule has 0 saturated carbocycles. The van der Waals surface area contributed by atoms with E-state index in [1.165, 1.54) is 37.4 Å². The number of azo groups is 2. The molecule has 316 valence electrons. The summed E-state index contributed by atoms with van der Waals surface area (Å²) in [6.45, 7) is -0.940. The van der Waals surface area contributed by atoms with Crippen molar-refractivity contribution in [2.45, 2.75) is 19.6 Å². The second-order valence-electron chi connectivity index (χ2n) is 10.4. The van der Waals surface area contributed by atoms with Gasteiger partial charge in [-0.3, -0.25) is 23.5 Å². The van der Waals surface area contributed by atoms with Crippen molar-refractivity contribution in [1.29, 1.82) is 0 Å². The average molecular weight is 1020 g/mol. The fourth-order valence-electron chi connectivity index (χ4n) is 4.53. The molecule has 62 heavy (non-hydrogen) atoms. The van der Waals surface area contributed by atoms with Gasteiger partial charge in [0, 0.05) is 10.8 Å². The Morgan fingerprint density at radius 1 is 0.661 bits per heavy atom. The summed E-state index contributed by atoms with van der Waals surface area (Å²) in [5, 5.41) is 67.3. The maximum absolute atomic E-state index is 12.9. The Kier molecular flexibility index (Phi) is 29.9. The van der Waals surface area contributed by atoms with E-state index in [2.05, 4.69) is 48.6 Å². The monoisotopic (exact) mass is 1020 g/mol. The molecule has 35 heteroatoms. The largest absolute Gasteiger partial charge is 1.00 e. The van der Waals surface area contributed by atoms with Crippen LogP contribution in [0.1, 0.15) is 0 Å². The van der Waals surface area contributed by atoms with Gasteiger partial charge in [-0.25, -0.2) is 25.3 Å². The number of nitrogens with zero attached hydrogens (tertiary/aromatic N) is 4. The number of methoxy groups -OCH3 is 1. The van der Waals surface area contributed by atoms with Crippen LogP contribution in [0.15, 0.2) is 94.6 Å². The van der Waals surface area contributed by atoms with Gasteiger partial charge in [-0.05, 0) is 54.6 Å². The molecule has 3 N–H and O–H groups in total. The Balaban J connectivity index is 0.00000930. The Bertz CT molecular complexity index is 2500. The van der Waals surface area contributed by atoms with E-state index >= 15 is 0 Å². The minimum atomic E-state index is -5.30. The molecule has 0 bridgehead atoms. The Morgan fingerprint density at radius 2 is 1.18 bits per heavy atom. The number of phenolic OH excluding ortho intramolecular Hbond substituents is 1. The van der Waals surface area contributed by atoms with Gasteiger partial charge < -0.3 is 35.9 Å². The maximum atomic E-state index is 12.9. The molecule has 4 rings (SSSR count). The van der Waals surface area contributed by atoms with E-state index < -0.39 is 81.4 Å². The zero-order valence-electron chi connectivity index (χ0n) is 32.5. The molecule has 0 unspecified atom stereocenters. The van der Waals surface area contributed by atoms with Gasteiger partial charge in [0.15, 0.2) is 50.1 Å². The molecule has 0 heterocycles. The second-order valence-corrected chi connectivity index (χ2v) is 17.7. The number of anilines is 1. The number of sulfone groups is 2. The number of aromatic hydroxyl groups is 1. The summed E-state index contributed by atoms with van der Waals surface area (Å²) in [6, 6.07) is 9.63. The standard InChI is InChI=1S/C27H27N5O20S6.4Na/c1-44-22-6-2-15(56(37,38)10-8-45-54-51-48-35)12-20(22)29-31-25-18-14-23(53-50-47-34)26(27(33)17(18)4-5-19(25)28)32-30-21-13-16(3-7-24(21)58(41,42)43)57(39,40)11-9-46-55-52-49-36;;;;/h2-7,12-14,33-36H,8-11,28H2,1H3,(H,41,42,43);;;;/q;4*+1/p-4. The zero-order valence-corrected chi connectivity index (χ0v) is 45.4. The number of ether oxygens (including phenoxy) is 1. The topological polar surface area (TPSA) is 373 Å². The summed E-state index contributed by atoms with van der Waals surface area (Å²) in [5.74, 6) is -1.93. The third-order valence-corrected chi connectivity index (χ3v) is 12.6. The normalized spacial score (nSPS) is 11.8. The first kappa shape index (κ1) is 62.2. The first-order valence-electron chi connectivity index (χ1n) is 14.9. The summed E-state index contributed by atoms with van der Waals surface area (Å²) in [5.41, 5.74) is 4.62. The van der Waals surface area contributed by atoms with Gasteiger partial charge >= 0.3 is 118 Å². The molecule has 0 atom stereocenters. The Labute approximate surface area is 453 Å². The van der Waals surface area contributed by atoms with Gasteiger partial charge in [0.05, 0.1) is 69.1 Å². The first-order chi connectivity index (χ1) is 27.6. The number of benzene rings is 4. The SMILES string of the molecule is COc1ccc(S(=O)(=O)CCOSOO[O-])cc1N=Nc1c(N)ccc2c(O)c(N=Nc3cc(S(=O)(=O)CCOSOO[O-])ccc3S(=O)(=O)[O-])c(SOO[O-])cc12.[Na+].[Na+].[Na+].[Na+]. The quantitative estimate of drug-likeness (QED) is 0.0102. The van der Waals surface area contributed by atoms with Gasteiger partial charge in [-0.2, -0.15) is 4.33 Å². The van der Waals surface area contributed by atoms with Gasteiger partial charge in [0.1, 0.15) is 38.6 Å². The minimum absolute atomic E-state index is 0. The summed E-state index contributed by atoms with van der Waals surface area (Å²) >= 11 is 0.344. The van der Waals surface area contributed by atoms with Crippen molar-refractivity contribution in [3.05, 3.63) is 54.6 Å². The molecule has 0 fully saturated rings. The molecule has 0 aliphatic heterocycles. The summed E-state index contributed by atoms with van der Waals surface area (Å²) in [7, 11) is -12.3. The fraction of sp³-hybridized carbons (Fsp3) is 0.185. The van der Waals surface area contributed by atoms with Crippen LogP contribution in [-0.4, -0.2) is 66.7 Å². The van der Waals surface area contributed by atoms with Crippen LogP contribution in [0.25, 0.3) is 10.8 Å². The van der Waals surface area contributed by atoms with Crippen LogP contribution in [0.4, 0.5) is 28.4 Å². The number of nitrogens with two attached hydrogens (primary N) is 1. The van der Waals surface area contributed by atoms with E-state index in [0.29, 0.717) is 12.1 Å². The van der Waals surface area contributed by atoms with Crippen LogP contribution < -0.4 is 144 Å². The number of hydrogen-bond acceptors (Lipinski definition) is 28. The van der Waals surface area contributed by atoms with Crippen molar-refractivity contribution in [2.75, 3.05) is 37.6 Å². The Morgan fingerprint density at radius 3 is 1.71 bits per heavy atom.